The number of hydrogen-bond acceptors (Lipinski definition) is 1. The minimum atomic E-state index is 0.384. The van der Waals surface area contributed by atoms with E-state index in [1.807, 2.05) is 0 Å². The predicted molar refractivity (Wildman–Crippen MR) is 74.3 cm³/mol. The third-order valence-electron chi connectivity index (χ3n) is 4.46. The summed E-state index contributed by atoms with van der Waals surface area (Å²) in [5.74, 6) is 0.721. The van der Waals surface area contributed by atoms with Crippen LogP contribution >= 0.6 is 0 Å². The van der Waals surface area contributed by atoms with Gasteiger partial charge < -0.3 is 5.32 Å². The van der Waals surface area contributed by atoms with Crippen molar-refractivity contribution in [1.29, 1.82) is 0 Å². The molecule has 0 saturated carbocycles. The van der Waals surface area contributed by atoms with Crippen LogP contribution in [0, 0.1) is 11.3 Å². The summed E-state index contributed by atoms with van der Waals surface area (Å²) in [5.41, 5.74) is 3.45. The second kappa shape index (κ2) is 4.81. The highest BCUT2D eigenvalue weighted by atomic mass is 14.9. The quantitative estimate of drug-likeness (QED) is 0.837. The van der Waals surface area contributed by atoms with Crippen molar-refractivity contribution < 1.29 is 0 Å². The van der Waals surface area contributed by atoms with E-state index in [-0.39, 0.29) is 0 Å². The summed E-state index contributed by atoms with van der Waals surface area (Å²) in [6.07, 6.45) is 2.40. The Balaban J connectivity index is 1.88. The minimum absolute atomic E-state index is 0.384. The van der Waals surface area contributed by atoms with E-state index in [4.69, 9.17) is 0 Å². The van der Waals surface area contributed by atoms with Gasteiger partial charge in [-0.3, -0.25) is 0 Å². The molecule has 0 heterocycles. The molecule has 1 aliphatic rings. The Kier molecular flexibility index (Phi) is 3.58. The standard InChI is InChI=1S/C16H25N/c1-12(2)16(3,4)11-17-15-9-13-7-5-6-8-14(13)10-15/h5-8,12,15,17H,9-11H2,1-4H3. The molecule has 0 radical (unpaired) electrons. The van der Waals surface area contributed by atoms with Crippen LogP contribution in [-0.4, -0.2) is 12.6 Å². The van der Waals surface area contributed by atoms with Crippen molar-refractivity contribution in [1.82, 2.24) is 5.32 Å². The van der Waals surface area contributed by atoms with Crippen molar-refractivity contribution in [2.24, 2.45) is 11.3 Å². The molecule has 0 spiro atoms. The lowest BCUT2D eigenvalue weighted by Crippen LogP contribution is -2.39. The lowest BCUT2D eigenvalue weighted by atomic mass is 9.81. The van der Waals surface area contributed by atoms with Crippen LogP contribution in [0.3, 0.4) is 0 Å². The van der Waals surface area contributed by atoms with Crippen LogP contribution in [0.1, 0.15) is 38.8 Å². The number of nitrogens with one attached hydrogen (secondary N) is 1. The zero-order valence-electron chi connectivity index (χ0n) is 11.6. The molecular formula is C16H25N. The van der Waals surface area contributed by atoms with Gasteiger partial charge in [-0.25, -0.2) is 0 Å². The van der Waals surface area contributed by atoms with Gasteiger partial charge in [0.2, 0.25) is 0 Å². The van der Waals surface area contributed by atoms with Crippen molar-refractivity contribution in [2.75, 3.05) is 6.54 Å². The van der Waals surface area contributed by atoms with Crippen LogP contribution in [0.4, 0.5) is 0 Å². The number of rotatable bonds is 4. The molecule has 1 N–H and O–H groups in total. The van der Waals surface area contributed by atoms with E-state index in [1.165, 1.54) is 24.0 Å². The number of fused-ring (bicyclic) bond motifs is 1. The van der Waals surface area contributed by atoms with Crippen molar-refractivity contribution in [3.63, 3.8) is 0 Å². The Morgan fingerprint density at radius 2 is 1.71 bits per heavy atom. The van der Waals surface area contributed by atoms with Crippen LogP contribution in [0.5, 0.6) is 0 Å². The van der Waals surface area contributed by atoms with Gasteiger partial charge in [0.05, 0.1) is 0 Å². The molecule has 1 heteroatoms. The van der Waals surface area contributed by atoms with E-state index in [9.17, 15) is 0 Å². The average molecular weight is 231 g/mol. The van der Waals surface area contributed by atoms with Gasteiger partial charge >= 0.3 is 0 Å². The van der Waals surface area contributed by atoms with Crippen LogP contribution < -0.4 is 5.32 Å². The van der Waals surface area contributed by atoms with E-state index in [0.29, 0.717) is 11.5 Å². The zero-order valence-corrected chi connectivity index (χ0v) is 11.6. The smallest absolute Gasteiger partial charge is 0.0148 e. The van der Waals surface area contributed by atoms with E-state index < -0.39 is 0 Å². The molecule has 1 aromatic rings. The second-order valence-corrected chi connectivity index (χ2v) is 6.40. The summed E-state index contributed by atoms with van der Waals surface area (Å²) in [4.78, 5) is 0. The van der Waals surface area contributed by atoms with Gasteiger partial charge in [0.25, 0.3) is 0 Å². The molecule has 94 valence electrons. The van der Waals surface area contributed by atoms with Gasteiger partial charge in [0.1, 0.15) is 0 Å². The third kappa shape index (κ3) is 2.90. The monoisotopic (exact) mass is 231 g/mol. The summed E-state index contributed by atoms with van der Waals surface area (Å²) in [6.45, 7) is 10.4. The van der Waals surface area contributed by atoms with Crippen molar-refractivity contribution in [3.05, 3.63) is 35.4 Å². The molecule has 0 fully saturated rings. The van der Waals surface area contributed by atoms with Crippen molar-refractivity contribution in [3.8, 4) is 0 Å². The van der Waals surface area contributed by atoms with Crippen molar-refractivity contribution >= 4 is 0 Å². The number of hydrogen-bond donors (Lipinski definition) is 1. The lowest BCUT2D eigenvalue weighted by molar-refractivity contribution is 0.229. The van der Waals surface area contributed by atoms with Crippen LogP contribution in [-0.2, 0) is 12.8 Å². The lowest BCUT2D eigenvalue weighted by Gasteiger charge is -2.31. The Morgan fingerprint density at radius 1 is 1.18 bits per heavy atom. The molecule has 0 bridgehead atoms. The largest absolute Gasteiger partial charge is 0.313 e. The molecular weight excluding hydrogens is 206 g/mol. The molecule has 17 heavy (non-hydrogen) atoms. The average Bonchev–Trinajstić information content (AvgIpc) is 2.69. The maximum absolute atomic E-state index is 3.75. The van der Waals surface area contributed by atoms with Crippen LogP contribution in [0.25, 0.3) is 0 Å². The summed E-state index contributed by atoms with van der Waals surface area (Å²) >= 11 is 0. The van der Waals surface area contributed by atoms with Crippen LogP contribution in [0.15, 0.2) is 24.3 Å². The molecule has 0 amide bonds. The first-order valence-electron chi connectivity index (χ1n) is 6.79. The SMILES string of the molecule is CC(C)C(C)(C)CNC1Cc2ccccc2C1. The third-order valence-corrected chi connectivity index (χ3v) is 4.46. The van der Waals surface area contributed by atoms with E-state index in [1.54, 1.807) is 0 Å². The maximum atomic E-state index is 3.75. The van der Waals surface area contributed by atoms with E-state index >= 15 is 0 Å². The molecule has 0 aliphatic heterocycles. The van der Waals surface area contributed by atoms with Crippen molar-refractivity contribution in [2.45, 2.75) is 46.6 Å². The Morgan fingerprint density at radius 3 is 2.18 bits per heavy atom. The predicted octanol–water partition coefficient (Wildman–Crippen LogP) is 3.43. The highest BCUT2D eigenvalue weighted by Crippen LogP contribution is 2.27. The van der Waals surface area contributed by atoms with E-state index in [2.05, 4.69) is 57.3 Å². The van der Waals surface area contributed by atoms with Gasteiger partial charge in [-0.05, 0) is 35.3 Å². The van der Waals surface area contributed by atoms with Gasteiger partial charge in [0, 0.05) is 12.6 Å². The molecule has 1 aliphatic carbocycles. The molecule has 0 saturated heterocycles. The Bertz CT molecular complexity index is 354. The Hall–Kier alpha value is -0.820. The zero-order chi connectivity index (χ0) is 12.5. The molecule has 2 rings (SSSR count). The molecule has 1 nitrogen and oxygen atoms in total. The Labute approximate surface area is 106 Å². The summed E-state index contributed by atoms with van der Waals surface area (Å²) in [5, 5.41) is 3.75. The first-order chi connectivity index (χ1) is 7.99. The first-order valence-corrected chi connectivity index (χ1v) is 6.79. The molecule has 0 aromatic heterocycles. The topological polar surface area (TPSA) is 12.0 Å². The normalized spacial score (nSPS) is 16.5. The van der Waals surface area contributed by atoms with Gasteiger partial charge in [-0.1, -0.05) is 52.0 Å². The summed E-state index contributed by atoms with van der Waals surface area (Å²) in [7, 11) is 0. The molecule has 0 atom stereocenters. The van der Waals surface area contributed by atoms with Gasteiger partial charge in [0.15, 0.2) is 0 Å². The minimum Gasteiger partial charge on any atom is -0.313 e. The second-order valence-electron chi connectivity index (χ2n) is 6.40. The van der Waals surface area contributed by atoms with Crippen LogP contribution in [0.2, 0.25) is 0 Å². The van der Waals surface area contributed by atoms with Gasteiger partial charge in [-0.15, -0.1) is 0 Å². The number of benzene rings is 1. The molecule has 0 unspecified atom stereocenters. The fraction of sp³-hybridized carbons (Fsp3) is 0.625. The summed E-state index contributed by atoms with van der Waals surface area (Å²) in [6, 6.07) is 9.48. The highest BCUT2D eigenvalue weighted by Gasteiger charge is 2.26. The first kappa shape index (κ1) is 12.6. The van der Waals surface area contributed by atoms with Gasteiger partial charge in [-0.2, -0.15) is 0 Å². The highest BCUT2D eigenvalue weighted by molar-refractivity contribution is 5.33. The molecule has 1 aromatic carbocycles. The summed E-state index contributed by atoms with van der Waals surface area (Å²) < 4.78 is 0. The fourth-order valence-electron chi connectivity index (χ4n) is 2.31. The van der Waals surface area contributed by atoms with E-state index in [0.717, 1.165) is 12.5 Å². The fourth-order valence-corrected chi connectivity index (χ4v) is 2.31. The maximum Gasteiger partial charge on any atom is 0.0148 e.